The normalized spacial score (nSPS) is 12.6. The van der Waals surface area contributed by atoms with E-state index < -0.39 is 0 Å². The molecule has 1 aromatic rings. The molecule has 0 saturated carbocycles. The second kappa shape index (κ2) is 4.65. The highest BCUT2D eigenvalue weighted by Gasteiger charge is 2.16. The van der Waals surface area contributed by atoms with E-state index in [-0.39, 0.29) is 10.6 Å². The number of hydrogen-bond acceptors (Lipinski definition) is 1. The first-order chi connectivity index (χ1) is 6.43. The highest BCUT2D eigenvalue weighted by molar-refractivity contribution is 9.10. The molecule has 14 heavy (non-hydrogen) atoms. The Kier molecular flexibility index (Phi) is 3.99. The molecule has 0 aliphatic rings. The summed E-state index contributed by atoms with van der Waals surface area (Å²) in [7, 11) is 0. The van der Waals surface area contributed by atoms with Crippen LogP contribution in [-0.2, 0) is 0 Å². The fourth-order valence-electron chi connectivity index (χ4n) is 1.06. The number of ketones is 1. The van der Waals surface area contributed by atoms with Crippen LogP contribution in [0.1, 0.15) is 22.8 Å². The Morgan fingerprint density at radius 3 is 2.43 bits per heavy atom. The van der Waals surface area contributed by atoms with Gasteiger partial charge in [0.1, 0.15) is 0 Å². The zero-order valence-corrected chi connectivity index (χ0v) is 10.9. The summed E-state index contributed by atoms with van der Waals surface area (Å²) in [4.78, 5) is 11.4. The van der Waals surface area contributed by atoms with Crippen molar-refractivity contribution in [3.05, 3.63) is 33.3 Å². The number of alkyl halides is 1. The van der Waals surface area contributed by atoms with Gasteiger partial charge in [-0.05, 0) is 31.5 Å². The van der Waals surface area contributed by atoms with Crippen molar-refractivity contribution in [2.24, 2.45) is 0 Å². The molecule has 0 radical (unpaired) electrons. The topological polar surface area (TPSA) is 17.1 Å². The van der Waals surface area contributed by atoms with Gasteiger partial charge in [-0.1, -0.05) is 39.1 Å². The molecule has 76 valence electrons. The Bertz CT molecular complexity index is 375. The lowest BCUT2D eigenvalue weighted by Gasteiger charge is -2.07. The largest absolute Gasteiger partial charge is 0.293 e. The minimum absolute atomic E-state index is 0.0326. The molecule has 0 spiro atoms. The third-order valence-electron chi connectivity index (χ3n) is 1.88. The highest BCUT2D eigenvalue weighted by atomic mass is 79.9. The lowest BCUT2D eigenvalue weighted by Crippen LogP contribution is -2.10. The maximum Gasteiger partial charge on any atom is 0.177 e. The monoisotopic (exact) mass is 294 g/mol. The summed E-state index contributed by atoms with van der Waals surface area (Å²) in [5.74, 6) is -0.0326. The van der Waals surface area contributed by atoms with Crippen LogP contribution in [0.15, 0.2) is 12.1 Å². The Morgan fingerprint density at radius 2 is 1.93 bits per heavy atom. The minimum Gasteiger partial charge on any atom is -0.293 e. The first-order valence-electron chi connectivity index (χ1n) is 4.07. The van der Waals surface area contributed by atoms with Crippen molar-refractivity contribution in [3.63, 3.8) is 0 Å². The number of hydrogen-bond donors (Lipinski definition) is 0. The average molecular weight is 296 g/mol. The summed E-state index contributed by atoms with van der Waals surface area (Å²) >= 11 is 15.0. The van der Waals surface area contributed by atoms with Crippen LogP contribution < -0.4 is 0 Å². The quantitative estimate of drug-likeness (QED) is 0.588. The van der Waals surface area contributed by atoms with Gasteiger partial charge in [-0.15, -0.1) is 0 Å². The second-order valence-electron chi connectivity index (χ2n) is 3.06. The number of Topliss-reactive ketones (excluding diaryl/α,β-unsaturated/α-hetero) is 1. The van der Waals surface area contributed by atoms with Crippen molar-refractivity contribution < 1.29 is 4.79 Å². The summed E-state index contributed by atoms with van der Waals surface area (Å²) in [5.41, 5.74) is 1.37. The van der Waals surface area contributed by atoms with E-state index in [9.17, 15) is 4.79 Å². The van der Waals surface area contributed by atoms with Crippen LogP contribution in [0.3, 0.4) is 0 Å². The fraction of sp³-hybridized carbons (Fsp3) is 0.300. The van der Waals surface area contributed by atoms with Gasteiger partial charge in [-0.2, -0.15) is 0 Å². The van der Waals surface area contributed by atoms with Crippen LogP contribution in [0, 0.1) is 6.92 Å². The number of aryl methyl sites for hydroxylation is 1. The Hall–Kier alpha value is -0.0500. The van der Waals surface area contributed by atoms with E-state index in [1.165, 1.54) is 0 Å². The molecule has 0 fully saturated rings. The molecular weight excluding hydrogens is 287 g/mol. The number of rotatable bonds is 2. The molecule has 4 heteroatoms. The molecular formula is C10H9BrCl2O. The molecule has 1 nitrogen and oxygen atoms in total. The van der Waals surface area contributed by atoms with Gasteiger partial charge >= 0.3 is 0 Å². The molecule has 1 unspecified atom stereocenters. The Morgan fingerprint density at radius 1 is 1.36 bits per heavy atom. The molecule has 0 N–H and O–H groups in total. The van der Waals surface area contributed by atoms with Crippen molar-refractivity contribution in [2.45, 2.75) is 18.7 Å². The van der Waals surface area contributed by atoms with Gasteiger partial charge in [0.2, 0.25) is 0 Å². The molecule has 1 aromatic carbocycles. The van der Waals surface area contributed by atoms with Gasteiger partial charge in [0.25, 0.3) is 0 Å². The maximum absolute atomic E-state index is 11.7. The minimum atomic E-state index is -0.236. The van der Waals surface area contributed by atoms with E-state index in [1.54, 1.807) is 19.1 Å². The predicted octanol–water partition coefficient (Wildman–Crippen LogP) is 4.27. The van der Waals surface area contributed by atoms with Crippen LogP contribution in [0.5, 0.6) is 0 Å². The highest BCUT2D eigenvalue weighted by Crippen LogP contribution is 2.26. The van der Waals surface area contributed by atoms with Crippen LogP contribution in [-0.4, -0.2) is 10.6 Å². The van der Waals surface area contributed by atoms with E-state index in [0.29, 0.717) is 15.6 Å². The van der Waals surface area contributed by atoms with E-state index in [2.05, 4.69) is 15.9 Å². The molecule has 1 atom stereocenters. The van der Waals surface area contributed by atoms with Gasteiger partial charge < -0.3 is 0 Å². The molecule has 0 aliphatic heterocycles. The van der Waals surface area contributed by atoms with Gasteiger partial charge in [0.15, 0.2) is 5.78 Å². The van der Waals surface area contributed by atoms with Gasteiger partial charge in [-0.25, -0.2) is 0 Å². The third-order valence-corrected chi connectivity index (χ3v) is 3.01. The van der Waals surface area contributed by atoms with Crippen molar-refractivity contribution in [3.8, 4) is 0 Å². The lowest BCUT2D eigenvalue weighted by molar-refractivity contribution is 0.0996. The number of halogens is 3. The summed E-state index contributed by atoms with van der Waals surface area (Å²) in [6.45, 7) is 3.61. The zero-order chi connectivity index (χ0) is 10.9. The standard InChI is InChI=1S/C10H9BrCl2O/c1-5-3-7(10(14)6(2)11)9(13)4-8(5)12/h3-4,6H,1-2H3. The van der Waals surface area contributed by atoms with E-state index >= 15 is 0 Å². The van der Waals surface area contributed by atoms with E-state index in [1.807, 2.05) is 6.92 Å². The Labute approximate surface area is 102 Å². The van der Waals surface area contributed by atoms with Crippen LogP contribution in [0.2, 0.25) is 10.0 Å². The average Bonchev–Trinajstić information content (AvgIpc) is 2.10. The number of carbonyl (C=O) groups is 1. The molecule has 0 amide bonds. The van der Waals surface area contributed by atoms with Gasteiger partial charge in [0, 0.05) is 10.6 Å². The maximum atomic E-state index is 11.7. The predicted molar refractivity (Wildman–Crippen MR) is 63.9 cm³/mol. The smallest absolute Gasteiger partial charge is 0.177 e. The molecule has 0 heterocycles. The molecule has 0 aromatic heterocycles. The molecule has 1 rings (SSSR count). The summed E-state index contributed by atoms with van der Waals surface area (Å²) in [5, 5.41) is 0.977. The second-order valence-corrected chi connectivity index (χ2v) is 5.25. The lowest BCUT2D eigenvalue weighted by atomic mass is 10.1. The number of carbonyl (C=O) groups excluding carboxylic acids is 1. The van der Waals surface area contributed by atoms with Crippen LogP contribution in [0.25, 0.3) is 0 Å². The van der Waals surface area contributed by atoms with Gasteiger partial charge in [0.05, 0.1) is 9.85 Å². The number of benzene rings is 1. The van der Waals surface area contributed by atoms with Crippen molar-refractivity contribution >= 4 is 44.9 Å². The van der Waals surface area contributed by atoms with Crippen molar-refractivity contribution in [1.82, 2.24) is 0 Å². The fourth-order valence-corrected chi connectivity index (χ4v) is 1.78. The molecule has 0 saturated heterocycles. The third kappa shape index (κ3) is 2.50. The van der Waals surface area contributed by atoms with E-state index in [0.717, 1.165) is 5.56 Å². The van der Waals surface area contributed by atoms with Gasteiger partial charge in [-0.3, -0.25) is 4.79 Å². The zero-order valence-electron chi connectivity index (χ0n) is 7.77. The van der Waals surface area contributed by atoms with Crippen molar-refractivity contribution in [2.75, 3.05) is 0 Å². The van der Waals surface area contributed by atoms with Crippen LogP contribution >= 0.6 is 39.1 Å². The summed E-state index contributed by atoms with van der Waals surface area (Å²) in [6.07, 6.45) is 0. The molecule has 0 bridgehead atoms. The Balaban J connectivity index is 3.22. The SMILES string of the molecule is Cc1cc(C(=O)C(C)Br)c(Cl)cc1Cl. The summed E-state index contributed by atoms with van der Waals surface area (Å²) in [6, 6.07) is 3.31. The van der Waals surface area contributed by atoms with Crippen LogP contribution in [0.4, 0.5) is 0 Å². The first-order valence-corrected chi connectivity index (χ1v) is 5.74. The first kappa shape index (κ1) is 12.0. The molecule has 0 aliphatic carbocycles. The summed E-state index contributed by atoms with van der Waals surface area (Å²) < 4.78 is 0. The van der Waals surface area contributed by atoms with Crippen molar-refractivity contribution in [1.29, 1.82) is 0 Å². The van der Waals surface area contributed by atoms with E-state index in [4.69, 9.17) is 23.2 Å².